The van der Waals surface area contributed by atoms with Gasteiger partial charge in [0.15, 0.2) is 4.80 Å². The van der Waals surface area contributed by atoms with Gasteiger partial charge in [0.1, 0.15) is 0 Å². The Kier molecular flexibility index (Phi) is 4.59. The van der Waals surface area contributed by atoms with Crippen molar-refractivity contribution in [3.63, 3.8) is 0 Å². The second kappa shape index (κ2) is 6.64. The summed E-state index contributed by atoms with van der Waals surface area (Å²) in [5.41, 5.74) is 2.79. The minimum atomic E-state index is -0.234. The molecule has 3 rings (SSSR count). The number of carbonyl (C=O) groups is 1. The van der Waals surface area contributed by atoms with E-state index in [0.717, 1.165) is 20.6 Å². The molecule has 116 valence electrons. The van der Waals surface area contributed by atoms with Crippen LogP contribution in [0.1, 0.15) is 15.2 Å². The van der Waals surface area contributed by atoms with Gasteiger partial charge in [-0.25, -0.2) is 0 Å². The second-order valence-electron chi connectivity index (χ2n) is 5.14. The minimum absolute atomic E-state index is 0.234. The SMILES string of the molecule is Cc1sc(=NC(=O)c2cccc(Br)c2)n(C)c1-c1ccccc1. The van der Waals surface area contributed by atoms with Crippen LogP contribution in [0.2, 0.25) is 0 Å². The van der Waals surface area contributed by atoms with E-state index in [1.54, 1.807) is 12.1 Å². The summed E-state index contributed by atoms with van der Waals surface area (Å²) in [6.45, 7) is 2.05. The van der Waals surface area contributed by atoms with Gasteiger partial charge in [-0.2, -0.15) is 4.99 Å². The van der Waals surface area contributed by atoms with Crippen LogP contribution < -0.4 is 4.80 Å². The molecule has 5 heteroatoms. The Morgan fingerprint density at radius 2 is 1.87 bits per heavy atom. The Labute approximate surface area is 147 Å². The van der Waals surface area contributed by atoms with Crippen LogP contribution in [0, 0.1) is 6.92 Å². The molecule has 1 amide bonds. The molecule has 0 fully saturated rings. The molecule has 0 aliphatic rings. The van der Waals surface area contributed by atoms with Crippen molar-refractivity contribution in [2.75, 3.05) is 0 Å². The third kappa shape index (κ3) is 3.35. The maximum atomic E-state index is 12.4. The zero-order valence-electron chi connectivity index (χ0n) is 12.8. The van der Waals surface area contributed by atoms with E-state index >= 15 is 0 Å². The number of nitrogens with zero attached hydrogens (tertiary/aromatic N) is 2. The monoisotopic (exact) mass is 386 g/mol. The number of thiazole rings is 1. The molecule has 0 N–H and O–H groups in total. The Hall–Kier alpha value is -1.98. The van der Waals surface area contributed by atoms with Gasteiger partial charge in [0.2, 0.25) is 0 Å². The molecule has 0 radical (unpaired) electrons. The maximum absolute atomic E-state index is 12.4. The van der Waals surface area contributed by atoms with Gasteiger partial charge in [-0.3, -0.25) is 4.79 Å². The van der Waals surface area contributed by atoms with Gasteiger partial charge in [-0.05, 0) is 30.7 Å². The zero-order valence-corrected chi connectivity index (χ0v) is 15.2. The quantitative estimate of drug-likeness (QED) is 0.635. The highest BCUT2D eigenvalue weighted by Crippen LogP contribution is 2.24. The fourth-order valence-corrected chi connectivity index (χ4v) is 3.83. The molecule has 0 spiro atoms. The molecule has 0 atom stereocenters. The number of hydrogen-bond donors (Lipinski definition) is 0. The molecular weight excluding hydrogens is 372 g/mol. The van der Waals surface area contributed by atoms with Crippen LogP contribution in [-0.4, -0.2) is 10.5 Å². The normalized spacial score (nSPS) is 11.7. The topological polar surface area (TPSA) is 34.4 Å². The van der Waals surface area contributed by atoms with Crippen molar-refractivity contribution in [3.05, 3.63) is 74.3 Å². The Bertz CT molecular complexity index is 926. The molecule has 2 aromatic carbocycles. The number of benzene rings is 2. The molecule has 0 unspecified atom stereocenters. The molecule has 3 nitrogen and oxygen atoms in total. The molecule has 0 aliphatic carbocycles. The predicted molar refractivity (Wildman–Crippen MR) is 97.5 cm³/mol. The highest BCUT2D eigenvalue weighted by Gasteiger charge is 2.11. The lowest BCUT2D eigenvalue weighted by molar-refractivity contribution is 0.0998. The molecule has 1 heterocycles. The predicted octanol–water partition coefficient (Wildman–Crippen LogP) is 4.57. The lowest BCUT2D eigenvalue weighted by atomic mass is 10.1. The van der Waals surface area contributed by atoms with Crippen molar-refractivity contribution in [2.45, 2.75) is 6.92 Å². The van der Waals surface area contributed by atoms with Crippen LogP contribution in [-0.2, 0) is 7.05 Å². The summed E-state index contributed by atoms with van der Waals surface area (Å²) in [7, 11) is 1.94. The maximum Gasteiger partial charge on any atom is 0.279 e. The lowest BCUT2D eigenvalue weighted by Crippen LogP contribution is -2.14. The number of aryl methyl sites for hydroxylation is 1. The first-order valence-corrected chi connectivity index (χ1v) is 8.73. The van der Waals surface area contributed by atoms with E-state index in [0.29, 0.717) is 10.4 Å². The molecule has 1 aromatic heterocycles. The minimum Gasteiger partial charge on any atom is -0.319 e. The molecule has 3 aromatic rings. The molecule has 0 bridgehead atoms. The highest BCUT2D eigenvalue weighted by atomic mass is 79.9. The number of carbonyl (C=O) groups excluding carboxylic acids is 1. The summed E-state index contributed by atoms with van der Waals surface area (Å²) in [4.78, 5) is 18.5. The summed E-state index contributed by atoms with van der Waals surface area (Å²) in [5, 5.41) is 0. The van der Waals surface area contributed by atoms with Crippen molar-refractivity contribution < 1.29 is 4.79 Å². The molecular formula is C18H15BrN2OS. The number of amides is 1. The fraction of sp³-hybridized carbons (Fsp3) is 0.111. The highest BCUT2D eigenvalue weighted by molar-refractivity contribution is 9.10. The largest absolute Gasteiger partial charge is 0.319 e. The first-order chi connectivity index (χ1) is 11.1. The van der Waals surface area contributed by atoms with Crippen molar-refractivity contribution >= 4 is 33.2 Å². The summed E-state index contributed by atoms with van der Waals surface area (Å²) in [6.07, 6.45) is 0. The van der Waals surface area contributed by atoms with Crippen LogP contribution in [0.25, 0.3) is 11.3 Å². The number of aromatic nitrogens is 1. The van der Waals surface area contributed by atoms with E-state index in [9.17, 15) is 4.79 Å². The van der Waals surface area contributed by atoms with Gasteiger partial charge in [0.05, 0.1) is 5.69 Å². The average molecular weight is 387 g/mol. The summed E-state index contributed by atoms with van der Waals surface area (Å²) in [5.74, 6) is -0.234. The fourth-order valence-electron chi connectivity index (χ4n) is 2.45. The number of rotatable bonds is 2. The first-order valence-electron chi connectivity index (χ1n) is 7.13. The van der Waals surface area contributed by atoms with Gasteiger partial charge in [-0.1, -0.05) is 52.3 Å². The Morgan fingerprint density at radius 3 is 2.57 bits per heavy atom. The zero-order chi connectivity index (χ0) is 16.4. The summed E-state index contributed by atoms with van der Waals surface area (Å²) >= 11 is 4.91. The second-order valence-corrected chi connectivity index (χ2v) is 7.24. The average Bonchev–Trinajstić information content (AvgIpc) is 2.82. The van der Waals surface area contributed by atoms with Crippen molar-refractivity contribution in [1.82, 2.24) is 4.57 Å². The molecule has 23 heavy (non-hydrogen) atoms. The van der Waals surface area contributed by atoms with Crippen molar-refractivity contribution in [2.24, 2.45) is 12.0 Å². The lowest BCUT2D eigenvalue weighted by Gasteiger charge is -2.04. The van der Waals surface area contributed by atoms with Crippen LogP contribution in [0.4, 0.5) is 0 Å². The third-order valence-corrected chi connectivity index (χ3v) is 5.06. The summed E-state index contributed by atoms with van der Waals surface area (Å²) < 4.78 is 2.85. The Morgan fingerprint density at radius 1 is 1.13 bits per heavy atom. The Balaban J connectivity index is 2.06. The number of halogens is 1. The molecule has 0 saturated heterocycles. The van der Waals surface area contributed by atoms with Gasteiger partial charge >= 0.3 is 0 Å². The smallest absolute Gasteiger partial charge is 0.279 e. The standard InChI is InChI=1S/C18H15BrN2OS/c1-12-16(13-7-4-3-5-8-13)21(2)18(23-12)20-17(22)14-9-6-10-15(19)11-14/h3-11H,1-2H3. The van der Waals surface area contributed by atoms with E-state index in [1.165, 1.54) is 11.3 Å². The van der Waals surface area contributed by atoms with Crippen LogP contribution in [0.3, 0.4) is 0 Å². The van der Waals surface area contributed by atoms with Gasteiger partial charge in [-0.15, -0.1) is 11.3 Å². The first kappa shape index (κ1) is 15.9. The van der Waals surface area contributed by atoms with Crippen molar-refractivity contribution in [1.29, 1.82) is 0 Å². The van der Waals surface area contributed by atoms with Gasteiger partial charge in [0.25, 0.3) is 5.91 Å². The van der Waals surface area contributed by atoms with E-state index in [2.05, 4.69) is 40.0 Å². The van der Waals surface area contributed by atoms with Gasteiger partial charge < -0.3 is 4.57 Å². The van der Waals surface area contributed by atoms with E-state index in [4.69, 9.17) is 0 Å². The number of hydrogen-bond acceptors (Lipinski definition) is 2. The molecule has 0 aliphatic heterocycles. The van der Waals surface area contributed by atoms with E-state index in [1.807, 2.05) is 41.9 Å². The van der Waals surface area contributed by atoms with Gasteiger partial charge in [0, 0.05) is 22.0 Å². The third-order valence-electron chi connectivity index (χ3n) is 3.52. The van der Waals surface area contributed by atoms with Crippen LogP contribution in [0.5, 0.6) is 0 Å². The van der Waals surface area contributed by atoms with Crippen LogP contribution >= 0.6 is 27.3 Å². The van der Waals surface area contributed by atoms with Crippen LogP contribution in [0.15, 0.2) is 64.1 Å². The van der Waals surface area contributed by atoms with E-state index < -0.39 is 0 Å². The van der Waals surface area contributed by atoms with E-state index in [-0.39, 0.29) is 5.91 Å². The molecule has 0 saturated carbocycles. The summed E-state index contributed by atoms with van der Waals surface area (Å²) in [6, 6.07) is 17.4. The van der Waals surface area contributed by atoms with Crippen molar-refractivity contribution in [3.8, 4) is 11.3 Å².